The van der Waals surface area contributed by atoms with Crippen molar-refractivity contribution in [1.29, 1.82) is 0 Å². The molecule has 0 atom stereocenters. The Morgan fingerprint density at radius 2 is 1.38 bits per heavy atom. The summed E-state index contributed by atoms with van der Waals surface area (Å²) in [6.45, 7) is -4.81. The van der Waals surface area contributed by atoms with Crippen molar-refractivity contribution in [3.05, 3.63) is 22.7 Å². The van der Waals surface area contributed by atoms with Crippen LogP contribution in [0.2, 0.25) is 5.02 Å². The molecule has 0 amide bonds. The van der Waals surface area contributed by atoms with Crippen LogP contribution < -0.4 is 9.47 Å². The van der Waals surface area contributed by atoms with Crippen molar-refractivity contribution in [2.75, 3.05) is 0 Å². The van der Waals surface area contributed by atoms with Gasteiger partial charge in [-0.25, -0.2) is 0 Å². The summed E-state index contributed by atoms with van der Waals surface area (Å²) in [6.07, 6.45) is 0. The first-order chi connectivity index (χ1) is 7.40. The van der Waals surface area contributed by atoms with Gasteiger partial charge in [0.2, 0.25) is 0 Å². The largest absolute Gasteiger partial charge is 0.434 e. The molecule has 16 heavy (non-hydrogen) atoms. The van der Waals surface area contributed by atoms with Gasteiger partial charge in [-0.15, -0.1) is 0 Å². The molecule has 0 N–H and O–H groups in total. The Hall–Kier alpha value is -1.17. The average molecular weight is 259 g/mol. The summed E-state index contributed by atoms with van der Waals surface area (Å²) in [6, 6.07) is 2.20. The van der Waals surface area contributed by atoms with E-state index in [4.69, 9.17) is 11.6 Å². The summed E-state index contributed by atoms with van der Waals surface area (Å²) in [5.41, 5.74) is 0.0324. The highest BCUT2D eigenvalue weighted by Crippen LogP contribution is 2.33. The fraction of sp³-hybridized carbons (Fsp3) is 0.333. The summed E-state index contributed by atoms with van der Waals surface area (Å²) in [5.74, 6) is -0.587. The summed E-state index contributed by atoms with van der Waals surface area (Å²) in [7, 11) is 0. The van der Waals surface area contributed by atoms with Crippen molar-refractivity contribution in [3.8, 4) is 11.5 Å². The maximum Gasteiger partial charge on any atom is 0.387 e. The zero-order chi connectivity index (χ0) is 12.3. The molecule has 1 rings (SSSR count). The average Bonchev–Trinajstić information content (AvgIpc) is 2.11. The molecule has 1 aromatic rings. The molecule has 0 spiro atoms. The van der Waals surface area contributed by atoms with Gasteiger partial charge in [0.05, 0.1) is 0 Å². The third-order valence-corrected chi connectivity index (χ3v) is 1.93. The molecule has 0 bridgehead atoms. The third-order valence-electron chi connectivity index (χ3n) is 1.71. The van der Waals surface area contributed by atoms with Gasteiger partial charge in [-0.05, 0) is 19.1 Å². The molecule has 0 heterocycles. The third kappa shape index (κ3) is 3.44. The molecule has 0 aromatic heterocycles. The minimum absolute atomic E-state index is 0.0306. The van der Waals surface area contributed by atoms with E-state index in [0.717, 1.165) is 12.1 Å². The van der Waals surface area contributed by atoms with Crippen molar-refractivity contribution in [3.63, 3.8) is 0 Å². The number of rotatable bonds is 4. The Labute approximate surface area is 93.7 Å². The van der Waals surface area contributed by atoms with Crippen molar-refractivity contribution < 1.29 is 27.0 Å². The Balaban J connectivity index is 3.05. The highest BCUT2D eigenvalue weighted by Gasteiger charge is 2.15. The van der Waals surface area contributed by atoms with Gasteiger partial charge in [0, 0.05) is 10.6 Å². The van der Waals surface area contributed by atoms with Crippen LogP contribution in [0.15, 0.2) is 12.1 Å². The Morgan fingerprint density at radius 3 is 1.69 bits per heavy atom. The second-order valence-corrected chi connectivity index (χ2v) is 3.22. The first kappa shape index (κ1) is 12.9. The molecule has 0 saturated carbocycles. The number of benzene rings is 1. The van der Waals surface area contributed by atoms with E-state index < -0.39 is 13.2 Å². The molecule has 0 aliphatic carbocycles. The smallest absolute Gasteiger partial charge is 0.387 e. The first-order valence-electron chi connectivity index (χ1n) is 4.10. The molecular formula is C9H7ClF4O2. The highest BCUT2D eigenvalue weighted by molar-refractivity contribution is 6.30. The lowest BCUT2D eigenvalue weighted by Crippen LogP contribution is -2.07. The van der Waals surface area contributed by atoms with Gasteiger partial charge in [-0.1, -0.05) is 11.6 Å². The number of hydrogen-bond acceptors (Lipinski definition) is 2. The molecule has 0 aliphatic rings. The Bertz CT molecular complexity index is 340. The van der Waals surface area contributed by atoms with E-state index in [9.17, 15) is 17.6 Å². The van der Waals surface area contributed by atoms with E-state index >= 15 is 0 Å². The van der Waals surface area contributed by atoms with Crippen LogP contribution in [0.1, 0.15) is 5.56 Å². The Kier molecular flexibility index (Phi) is 4.23. The zero-order valence-electron chi connectivity index (χ0n) is 8.02. The van der Waals surface area contributed by atoms with E-state index in [-0.39, 0.29) is 22.1 Å². The van der Waals surface area contributed by atoms with Crippen LogP contribution in [-0.4, -0.2) is 13.2 Å². The quantitative estimate of drug-likeness (QED) is 0.764. The molecular weight excluding hydrogens is 252 g/mol. The van der Waals surface area contributed by atoms with E-state index in [1.54, 1.807) is 0 Å². The van der Waals surface area contributed by atoms with Crippen LogP contribution in [0.4, 0.5) is 17.6 Å². The lowest BCUT2D eigenvalue weighted by molar-refractivity contribution is -0.0551. The number of hydrogen-bond donors (Lipinski definition) is 0. The normalized spacial score (nSPS) is 11.0. The molecule has 90 valence electrons. The van der Waals surface area contributed by atoms with Gasteiger partial charge >= 0.3 is 13.2 Å². The van der Waals surface area contributed by atoms with E-state index in [1.165, 1.54) is 6.92 Å². The van der Waals surface area contributed by atoms with Gasteiger partial charge in [0.1, 0.15) is 11.5 Å². The minimum Gasteiger partial charge on any atom is -0.434 e. The number of alkyl halides is 4. The van der Waals surface area contributed by atoms with Crippen LogP contribution in [0.3, 0.4) is 0 Å². The van der Waals surface area contributed by atoms with Crippen LogP contribution in [-0.2, 0) is 0 Å². The minimum atomic E-state index is -3.06. The lowest BCUT2D eigenvalue weighted by Gasteiger charge is -2.13. The van der Waals surface area contributed by atoms with E-state index in [1.807, 2.05) is 0 Å². The number of ether oxygens (including phenoxy) is 2. The SMILES string of the molecule is Cc1c(OC(F)F)cc(Cl)cc1OC(F)F. The monoisotopic (exact) mass is 258 g/mol. The van der Waals surface area contributed by atoms with Crippen LogP contribution in [0.25, 0.3) is 0 Å². The summed E-state index contributed by atoms with van der Waals surface area (Å²) < 4.78 is 56.1. The van der Waals surface area contributed by atoms with Gasteiger partial charge in [-0.3, -0.25) is 0 Å². The van der Waals surface area contributed by atoms with E-state index in [0.29, 0.717) is 0 Å². The molecule has 2 nitrogen and oxygen atoms in total. The van der Waals surface area contributed by atoms with Crippen molar-refractivity contribution >= 4 is 11.6 Å². The van der Waals surface area contributed by atoms with Crippen LogP contribution in [0, 0.1) is 6.92 Å². The molecule has 0 saturated heterocycles. The number of halogens is 5. The van der Waals surface area contributed by atoms with Gasteiger partial charge in [0.15, 0.2) is 0 Å². The molecule has 0 unspecified atom stereocenters. The standard InChI is InChI=1S/C9H7ClF4O2/c1-4-6(15-8(11)12)2-5(10)3-7(4)16-9(13)14/h2-3,8-9H,1H3. The zero-order valence-corrected chi connectivity index (χ0v) is 8.77. The van der Waals surface area contributed by atoms with E-state index in [2.05, 4.69) is 9.47 Å². The molecule has 7 heteroatoms. The maximum atomic E-state index is 12.0. The fourth-order valence-corrected chi connectivity index (χ4v) is 1.27. The van der Waals surface area contributed by atoms with Crippen molar-refractivity contribution in [1.82, 2.24) is 0 Å². The summed E-state index contributed by atoms with van der Waals surface area (Å²) in [5, 5.41) is -0.0306. The second kappa shape index (κ2) is 5.25. The van der Waals surface area contributed by atoms with Gasteiger partial charge in [-0.2, -0.15) is 17.6 Å². The van der Waals surface area contributed by atoms with Crippen molar-refractivity contribution in [2.24, 2.45) is 0 Å². The predicted octanol–water partition coefficient (Wildman–Crippen LogP) is 3.85. The highest BCUT2D eigenvalue weighted by atomic mass is 35.5. The Morgan fingerprint density at radius 1 is 1.00 bits per heavy atom. The maximum absolute atomic E-state index is 12.0. The van der Waals surface area contributed by atoms with Gasteiger partial charge in [0.25, 0.3) is 0 Å². The second-order valence-electron chi connectivity index (χ2n) is 2.78. The molecule has 0 fully saturated rings. The first-order valence-corrected chi connectivity index (χ1v) is 4.47. The fourth-order valence-electron chi connectivity index (χ4n) is 1.07. The van der Waals surface area contributed by atoms with Crippen LogP contribution in [0.5, 0.6) is 11.5 Å². The topological polar surface area (TPSA) is 18.5 Å². The predicted molar refractivity (Wildman–Crippen MR) is 49.5 cm³/mol. The molecule has 1 aromatic carbocycles. The molecule has 0 radical (unpaired) electrons. The summed E-state index contributed by atoms with van der Waals surface area (Å²) in [4.78, 5) is 0. The lowest BCUT2D eigenvalue weighted by atomic mass is 10.2. The van der Waals surface area contributed by atoms with Crippen molar-refractivity contribution in [2.45, 2.75) is 20.1 Å². The van der Waals surface area contributed by atoms with Gasteiger partial charge < -0.3 is 9.47 Å². The molecule has 0 aliphatic heterocycles. The van der Waals surface area contributed by atoms with Crippen LogP contribution >= 0.6 is 11.6 Å². The summed E-state index contributed by atoms with van der Waals surface area (Å²) >= 11 is 5.54.